The molecule has 0 fully saturated rings. The molecule has 0 saturated heterocycles. The molecular formula is C17H14F2N4O3. The monoisotopic (exact) mass is 360 g/mol. The van der Waals surface area contributed by atoms with E-state index in [0.29, 0.717) is 22.7 Å². The summed E-state index contributed by atoms with van der Waals surface area (Å²) in [5.74, 6) is 0.706. The Balaban J connectivity index is 1.69. The van der Waals surface area contributed by atoms with Crippen molar-refractivity contribution >= 4 is 5.78 Å². The van der Waals surface area contributed by atoms with Crippen molar-refractivity contribution in [3.8, 4) is 22.9 Å². The van der Waals surface area contributed by atoms with E-state index in [0.717, 1.165) is 0 Å². The largest absolute Gasteiger partial charge is 0.497 e. The lowest BCUT2D eigenvalue weighted by Crippen LogP contribution is -2.13. The number of carbonyl (C=O) groups excluding carboxylic acids is 1. The molecule has 1 heterocycles. The van der Waals surface area contributed by atoms with Gasteiger partial charge >= 0.3 is 6.61 Å². The molecule has 7 nitrogen and oxygen atoms in total. The Morgan fingerprint density at radius 2 is 1.92 bits per heavy atom. The number of rotatable bonds is 7. The molecule has 0 atom stereocenters. The van der Waals surface area contributed by atoms with Gasteiger partial charge in [-0.05, 0) is 41.6 Å². The lowest BCUT2D eigenvalue weighted by molar-refractivity contribution is -0.0498. The van der Waals surface area contributed by atoms with Crippen LogP contribution in [-0.2, 0) is 6.54 Å². The first kappa shape index (κ1) is 17.5. The molecule has 134 valence electrons. The minimum absolute atomic E-state index is 0.0178. The van der Waals surface area contributed by atoms with Crippen LogP contribution in [0.2, 0.25) is 0 Å². The molecule has 0 spiro atoms. The predicted octanol–water partition coefficient (Wildman–Crippen LogP) is 2.83. The van der Waals surface area contributed by atoms with Gasteiger partial charge in [0.05, 0.1) is 7.11 Å². The highest BCUT2D eigenvalue weighted by molar-refractivity contribution is 5.95. The summed E-state index contributed by atoms with van der Waals surface area (Å²) in [6.45, 7) is -3.04. The molecular weight excluding hydrogens is 346 g/mol. The average Bonchev–Trinajstić information content (AvgIpc) is 3.10. The fourth-order valence-corrected chi connectivity index (χ4v) is 2.23. The summed E-state index contributed by atoms with van der Waals surface area (Å²) in [5, 5.41) is 12.0. The summed E-state index contributed by atoms with van der Waals surface area (Å²) < 4.78 is 33.7. The van der Waals surface area contributed by atoms with Gasteiger partial charge in [0.2, 0.25) is 5.82 Å². The van der Waals surface area contributed by atoms with Gasteiger partial charge < -0.3 is 9.47 Å². The Morgan fingerprint density at radius 3 is 2.62 bits per heavy atom. The minimum atomic E-state index is -2.91. The number of hydrogen-bond acceptors (Lipinski definition) is 6. The van der Waals surface area contributed by atoms with Gasteiger partial charge in [-0.15, -0.1) is 10.2 Å². The van der Waals surface area contributed by atoms with E-state index in [-0.39, 0.29) is 18.1 Å². The molecule has 9 heteroatoms. The van der Waals surface area contributed by atoms with Crippen molar-refractivity contribution in [2.75, 3.05) is 7.11 Å². The van der Waals surface area contributed by atoms with Gasteiger partial charge in [-0.25, -0.2) is 0 Å². The van der Waals surface area contributed by atoms with Gasteiger partial charge in [0.1, 0.15) is 18.0 Å². The third-order valence-electron chi connectivity index (χ3n) is 3.47. The number of nitrogens with zero attached hydrogens (tertiary/aromatic N) is 4. The smallest absolute Gasteiger partial charge is 0.387 e. The standard InChI is InChI=1S/C17H14F2N4O3/c1-25-14-4-2-3-12(9-14)16-20-22-23(21-16)10-15(24)11-5-7-13(8-6-11)26-17(18)19/h2-9,17H,10H2,1H3. The molecule has 0 saturated carbocycles. The third-order valence-corrected chi connectivity index (χ3v) is 3.47. The molecule has 2 aromatic carbocycles. The molecule has 0 aliphatic rings. The number of ketones is 1. The molecule has 26 heavy (non-hydrogen) atoms. The number of methoxy groups -OCH3 is 1. The average molecular weight is 360 g/mol. The molecule has 0 N–H and O–H groups in total. The zero-order valence-corrected chi connectivity index (χ0v) is 13.7. The quantitative estimate of drug-likeness (QED) is 0.603. The molecule has 3 aromatic rings. The highest BCUT2D eigenvalue weighted by Crippen LogP contribution is 2.20. The molecule has 0 unspecified atom stereocenters. The van der Waals surface area contributed by atoms with Crippen molar-refractivity contribution < 1.29 is 23.0 Å². The number of carbonyl (C=O) groups is 1. The summed E-state index contributed by atoms with van der Waals surface area (Å²) in [6.07, 6.45) is 0. The van der Waals surface area contributed by atoms with E-state index >= 15 is 0 Å². The van der Waals surface area contributed by atoms with Gasteiger partial charge in [0.25, 0.3) is 0 Å². The lowest BCUT2D eigenvalue weighted by Gasteiger charge is -2.05. The zero-order valence-electron chi connectivity index (χ0n) is 13.7. The minimum Gasteiger partial charge on any atom is -0.497 e. The van der Waals surface area contributed by atoms with Crippen LogP contribution in [0, 0.1) is 0 Å². The first-order valence-corrected chi connectivity index (χ1v) is 7.55. The van der Waals surface area contributed by atoms with E-state index in [9.17, 15) is 13.6 Å². The summed E-state index contributed by atoms with van der Waals surface area (Å²) in [6, 6.07) is 12.5. The Labute approximate surface area is 147 Å². The molecule has 0 bridgehead atoms. The fraction of sp³-hybridized carbons (Fsp3) is 0.176. The Bertz CT molecular complexity index is 897. The molecule has 3 rings (SSSR count). The highest BCUT2D eigenvalue weighted by atomic mass is 19.3. The van der Waals surface area contributed by atoms with E-state index in [1.54, 1.807) is 31.4 Å². The topological polar surface area (TPSA) is 79.1 Å². The molecule has 0 aliphatic carbocycles. The number of alkyl halides is 2. The summed E-state index contributed by atoms with van der Waals surface area (Å²) in [5.41, 5.74) is 1.03. The maximum Gasteiger partial charge on any atom is 0.387 e. The van der Waals surface area contributed by atoms with Crippen molar-refractivity contribution in [3.05, 3.63) is 54.1 Å². The van der Waals surface area contributed by atoms with Crippen LogP contribution in [0.3, 0.4) is 0 Å². The molecule has 0 radical (unpaired) electrons. The number of halogens is 2. The second-order valence-electron chi connectivity index (χ2n) is 5.20. The number of tetrazole rings is 1. The van der Waals surface area contributed by atoms with E-state index in [1.165, 1.54) is 29.1 Å². The van der Waals surface area contributed by atoms with Crippen molar-refractivity contribution in [2.24, 2.45) is 0 Å². The van der Waals surface area contributed by atoms with Crippen LogP contribution in [0.15, 0.2) is 48.5 Å². The maximum atomic E-state index is 12.3. The number of benzene rings is 2. The van der Waals surface area contributed by atoms with Crippen molar-refractivity contribution in [2.45, 2.75) is 13.2 Å². The lowest BCUT2D eigenvalue weighted by atomic mass is 10.1. The van der Waals surface area contributed by atoms with Crippen molar-refractivity contribution in [3.63, 3.8) is 0 Å². The molecule has 0 aliphatic heterocycles. The molecule has 0 amide bonds. The SMILES string of the molecule is COc1cccc(-c2nnn(CC(=O)c3ccc(OC(F)F)cc3)n2)c1. The Morgan fingerprint density at radius 1 is 1.15 bits per heavy atom. The second kappa shape index (κ2) is 7.68. The van der Waals surface area contributed by atoms with Gasteiger partial charge in [-0.2, -0.15) is 13.6 Å². The van der Waals surface area contributed by atoms with Crippen LogP contribution in [0.5, 0.6) is 11.5 Å². The van der Waals surface area contributed by atoms with Crippen LogP contribution >= 0.6 is 0 Å². The van der Waals surface area contributed by atoms with E-state index in [4.69, 9.17) is 4.74 Å². The Kier molecular flexibility index (Phi) is 5.16. The fourth-order valence-electron chi connectivity index (χ4n) is 2.23. The third kappa shape index (κ3) is 4.18. The second-order valence-corrected chi connectivity index (χ2v) is 5.20. The van der Waals surface area contributed by atoms with Crippen LogP contribution in [-0.4, -0.2) is 39.7 Å². The van der Waals surface area contributed by atoms with E-state index in [2.05, 4.69) is 20.1 Å². The van der Waals surface area contributed by atoms with Crippen LogP contribution < -0.4 is 9.47 Å². The van der Waals surface area contributed by atoms with Crippen LogP contribution in [0.1, 0.15) is 10.4 Å². The van der Waals surface area contributed by atoms with Gasteiger partial charge in [0.15, 0.2) is 5.78 Å². The van der Waals surface area contributed by atoms with E-state index in [1.807, 2.05) is 0 Å². The number of ether oxygens (including phenoxy) is 2. The van der Waals surface area contributed by atoms with Crippen LogP contribution in [0.25, 0.3) is 11.4 Å². The predicted molar refractivity (Wildman–Crippen MR) is 87.2 cm³/mol. The van der Waals surface area contributed by atoms with Gasteiger partial charge in [-0.3, -0.25) is 4.79 Å². The van der Waals surface area contributed by atoms with E-state index < -0.39 is 6.61 Å². The number of Topliss-reactive ketones (excluding diaryl/α,β-unsaturated/α-hetero) is 1. The summed E-state index contributed by atoms with van der Waals surface area (Å²) in [7, 11) is 1.56. The summed E-state index contributed by atoms with van der Waals surface area (Å²) >= 11 is 0. The zero-order chi connectivity index (χ0) is 18.5. The number of aromatic nitrogens is 4. The normalized spacial score (nSPS) is 10.8. The van der Waals surface area contributed by atoms with Gasteiger partial charge in [0, 0.05) is 11.1 Å². The van der Waals surface area contributed by atoms with Crippen molar-refractivity contribution in [1.29, 1.82) is 0 Å². The Hall–Kier alpha value is -3.36. The molecule has 1 aromatic heterocycles. The van der Waals surface area contributed by atoms with Crippen molar-refractivity contribution in [1.82, 2.24) is 20.2 Å². The number of hydrogen-bond donors (Lipinski definition) is 0. The maximum absolute atomic E-state index is 12.3. The first-order chi connectivity index (χ1) is 12.5. The first-order valence-electron chi connectivity index (χ1n) is 7.55. The van der Waals surface area contributed by atoms with Crippen LogP contribution in [0.4, 0.5) is 8.78 Å². The van der Waals surface area contributed by atoms with Gasteiger partial charge in [-0.1, -0.05) is 12.1 Å². The highest BCUT2D eigenvalue weighted by Gasteiger charge is 2.12. The summed E-state index contributed by atoms with van der Waals surface area (Å²) in [4.78, 5) is 13.4.